The van der Waals surface area contributed by atoms with Crippen LogP contribution in [-0.2, 0) is 0 Å². The molecule has 0 amide bonds. The van der Waals surface area contributed by atoms with E-state index in [0.717, 1.165) is 4.90 Å². The quantitative estimate of drug-likeness (QED) is 0.904. The minimum atomic E-state index is 0.308. The van der Waals surface area contributed by atoms with Crippen molar-refractivity contribution < 1.29 is 5.11 Å². The number of aromatic hydroxyl groups is 1. The second kappa shape index (κ2) is 6.13. The van der Waals surface area contributed by atoms with Gasteiger partial charge in [0.2, 0.25) is 0 Å². The van der Waals surface area contributed by atoms with Gasteiger partial charge in [-0.15, -0.1) is 0 Å². The standard InChI is InChI=1S/C16H19NOS/c1-12(17(2)3)15-9-4-5-10-16(15)19-14-8-6-7-13(18)11-14/h4-12,18H,1-3H3. The highest BCUT2D eigenvalue weighted by molar-refractivity contribution is 7.99. The molecule has 1 unspecified atom stereocenters. The van der Waals surface area contributed by atoms with Crippen LogP contribution in [0.25, 0.3) is 0 Å². The number of phenols is 1. The van der Waals surface area contributed by atoms with Crippen LogP contribution in [-0.4, -0.2) is 24.1 Å². The third kappa shape index (κ3) is 3.52. The summed E-state index contributed by atoms with van der Waals surface area (Å²) in [6.07, 6.45) is 0. The first-order chi connectivity index (χ1) is 9.08. The first-order valence-corrected chi connectivity index (χ1v) is 7.12. The minimum Gasteiger partial charge on any atom is -0.508 e. The van der Waals surface area contributed by atoms with E-state index in [9.17, 15) is 5.11 Å². The lowest BCUT2D eigenvalue weighted by Gasteiger charge is -2.22. The Labute approximate surface area is 119 Å². The molecule has 2 aromatic rings. The molecule has 100 valence electrons. The molecule has 0 heterocycles. The van der Waals surface area contributed by atoms with Gasteiger partial charge in [0.15, 0.2) is 0 Å². The number of nitrogens with zero attached hydrogens (tertiary/aromatic N) is 1. The normalized spacial score (nSPS) is 12.6. The number of phenolic OH excluding ortho intramolecular Hbond substituents is 1. The molecule has 0 fully saturated rings. The Bertz CT molecular complexity index is 554. The van der Waals surface area contributed by atoms with Crippen LogP contribution in [0.3, 0.4) is 0 Å². The topological polar surface area (TPSA) is 23.5 Å². The highest BCUT2D eigenvalue weighted by atomic mass is 32.2. The molecule has 1 atom stereocenters. The Morgan fingerprint density at radius 2 is 1.79 bits per heavy atom. The highest BCUT2D eigenvalue weighted by Crippen LogP contribution is 2.35. The third-order valence-electron chi connectivity index (χ3n) is 3.19. The molecule has 0 radical (unpaired) electrons. The average Bonchev–Trinajstić information content (AvgIpc) is 2.38. The summed E-state index contributed by atoms with van der Waals surface area (Å²) in [5.41, 5.74) is 1.31. The molecule has 0 spiro atoms. The zero-order chi connectivity index (χ0) is 13.8. The van der Waals surface area contributed by atoms with Crippen molar-refractivity contribution in [3.63, 3.8) is 0 Å². The van der Waals surface area contributed by atoms with Crippen molar-refractivity contribution in [3.8, 4) is 5.75 Å². The van der Waals surface area contributed by atoms with E-state index in [4.69, 9.17) is 0 Å². The molecule has 2 rings (SSSR count). The SMILES string of the molecule is CC(c1ccccc1Sc1cccc(O)c1)N(C)C. The minimum absolute atomic E-state index is 0.308. The Balaban J connectivity index is 2.30. The summed E-state index contributed by atoms with van der Waals surface area (Å²) < 4.78 is 0. The first-order valence-electron chi connectivity index (χ1n) is 6.30. The summed E-state index contributed by atoms with van der Waals surface area (Å²) in [5, 5.41) is 9.54. The molecule has 19 heavy (non-hydrogen) atoms. The molecule has 1 N–H and O–H groups in total. The number of hydrogen-bond acceptors (Lipinski definition) is 3. The van der Waals surface area contributed by atoms with Gasteiger partial charge in [-0.25, -0.2) is 0 Å². The van der Waals surface area contributed by atoms with Crippen LogP contribution in [0.5, 0.6) is 5.75 Å². The van der Waals surface area contributed by atoms with Crippen molar-refractivity contribution in [3.05, 3.63) is 54.1 Å². The average molecular weight is 273 g/mol. The van der Waals surface area contributed by atoms with Gasteiger partial charge in [0, 0.05) is 15.8 Å². The van der Waals surface area contributed by atoms with Crippen molar-refractivity contribution in [1.82, 2.24) is 4.90 Å². The zero-order valence-corrected chi connectivity index (χ0v) is 12.3. The van der Waals surface area contributed by atoms with E-state index in [-0.39, 0.29) is 0 Å². The summed E-state index contributed by atoms with van der Waals surface area (Å²) >= 11 is 1.69. The van der Waals surface area contributed by atoms with Gasteiger partial charge in [-0.2, -0.15) is 0 Å². The molecule has 0 aliphatic heterocycles. The van der Waals surface area contributed by atoms with Crippen molar-refractivity contribution in [1.29, 1.82) is 0 Å². The Morgan fingerprint density at radius 1 is 1.05 bits per heavy atom. The van der Waals surface area contributed by atoms with Crippen molar-refractivity contribution in [2.75, 3.05) is 14.1 Å². The van der Waals surface area contributed by atoms with E-state index in [1.807, 2.05) is 12.1 Å². The molecule has 0 aliphatic rings. The van der Waals surface area contributed by atoms with Gasteiger partial charge >= 0.3 is 0 Å². The molecule has 0 bridgehead atoms. The predicted octanol–water partition coefficient (Wildman–Crippen LogP) is 4.17. The molecular weight excluding hydrogens is 254 g/mol. The van der Waals surface area contributed by atoms with Crippen molar-refractivity contribution in [2.45, 2.75) is 22.8 Å². The van der Waals surface area contributed by atoms with Gasteiger partial charge in [-0.05, 0) is 50.8 Å². The van der Waals surface area contributed by atoms with Crippen LogP contribution in [0, 0.1) is 0 Å². The smallest absolute Gasteiger partial charge is 0.116 e. The van der Waals surface area contributed by atoms with Crippen molar-refractivity contribution >= 4 is 11.8 Å². The first kappa shape index (κ1) is 14.0. The lowest BCUT2D eigenvalue weighted by molar-refractivity contribution is 0.317. The van der Waals surface area contributed by atoms with Gasteiger partial charge in [-0.3, -0.25) is 0 Å². The Hall–Kier alpha value is -1.45. The molecule has 0 saturated carbocycles. The molecular formula is C16H19NOS. The van der Waals surface area contributed by atoms with E-state index >= 15 is 0 Å². The zero-order valence-electron chi connectivity index (χ0n) is 11.5. The van der Waals surface area contributed by atoms with E-state index in [1.54, 1.807) is 23.9 Å². The summed E-state index contributed by atoms with van der Waals surface area (Å²) in [6.45, 7) is 2.20. The van der Waals surface area contributed by atoms with Gasteiger partial charge in [0.05, 0.1) is 0 Å². The molecule has 0 aliphatic carbocycles. The molecule has 3 heteroatoms. The fraction of sp³-hybridized carbons (Fsp3) is 0.250. The van der Waals surface area contributed by atoms with E-state index in [1.165, 1.54) is 10.5 Å². The predicted molar refractivity (Wildman–Crippen MR) is 80.8 cm³/mol. The second-order valence-electron chi connectivity index (χ2n) is 4.78. The summed E-state index contributed by atoms with van der Waals surface area (Å²) in [6, 6.07) is 16.1. The highest BCUT2D eigenvalue weighted by Gasteiger charge is 2.12. The van der Waals surface area contributed by atoms with Gasteiger partial charge < -0.3 is 10.0 Å². The van der Waals surface area contributed by atoms with Crippen LogP contribution in [0.4, 0.5) is 0 Å². The maximum Gasteiger partial charge on any atom is 0.116 e. The van der Waals surface area contributed by atoms with Crippen LogP contribution in [0.15, 0.2) is 58.3 Å². The van der Waals surface area contributed by atoms with Crippen LogP contribution in [0.2, 0.25) is 0 Å². The lowest BCUT2D eigenvalue weighted by Crippen LogP contribution is -2.17. The van der Waals surface area contributed by atoms with Gasteiger partial charge in [0.1, 0.15) is 5.75 Å². The molecule has 0 aromatic heterocycles. The number of benzene rings is 2. The summed E-state index contributed by atoms with van der Waals surface area (Å²) in [5.74, 6) is 0.308. The van der Waals surface area contributed by atoms with E-state index in [2.05, 4.69) is 50.2 Å². The number of hydrogen-bond donors (Lipinski definition) is 1. The monoisotopic (exact) mass is 273 g/mol. The molecule has 0 saturated heterocycles. The van der Waals surface area contributed by atoms with Crippen molar-refractivity contribution in [2.24, 2.45) is 0 Å². The maximum absolute atomic E-state index is 9.54. The van der Waals surface area contributed by atoms with Crippen LogP contribution < -0.4 is 0 Å². The summed E-state index contributed by atoms with van der Waals surface area (Å²) in [7, 11) is 4.17. The third-order valence-corrected chi connectivity index (χ3v) is 4.27. The van der Waals surface area contributed by atoms with E-state index < -0.39 is 0 Å². The number of rotatable bonds is 4. The largest absolute Gasteiger partial charge is 0.508 e. The van der Waals surface area contributed by atoms with Crippen LogP contribution >= 0.6 is 11.8 Å². The molecule has 2 nitrogen and oxygen atoms in total. The summed E-state index contributed by atoms with van der Waals surface area (Å²) in [4.78, 5) is 4.48. The molecule has 2 aromatic carbocycles. The maximum atomic E-state index is 9.54. The fourth-order valence-corrected chi connectivity index (χ4v) is 2.95. The lowest BCUT2D eigenvalue weighted by atomic mass is 10.1. The Kier molecular flexibility index (Phi) is 4.51. The van der Waals surface area contributed by atoms with E-state index in [0.29, 0.717) is 11.8 Å². The van der Waals surface area contributed by atoms with Gasteiger partial charge in [0.25, 0.3) is 0 Å². The second-order valence-corrected chi connectivity index (χ2v) is 5.89. The van der Waals surface area contributed by atoms with Gasteiger partial charge in [-0.1, -0.05) is 36.0 Å². The fourth-order valence-electron chi connectivity index (χ4n) is 1.87. The van der Waals surface area contributed by atoms with Crippen LogP contribution in [0.1, 0.15) is 18.5 Å². The Morgan fingerprint density at radius 3 is 2.47 bits per heavy atom.